The molecule has 1 aromatic carbocycles. The van der Waals surface area contributed by atoms with Crippen molar-refractivity contribution in [3.8, 4) is 0 Å². The molecular formula is C16H24ClNO2S. The Hall–Kier alpha value is -0.710. The molecule has 0 aliphatic rings. The molecule has 118 valence electrons. The van der Waals surface area contributed by atoms with E-state index in [4.69, 9.17) is 16.7 Å². The van der Waals surface area contributed by atoms with Crippen LogP contribution in [-0.4, -0.2) is 29.9 Å². The molecule has 3 nitrogen and oxygen atoms in total. The lowest BCUT2D eigenvalue weighted by atomic mass is 10.0. The molecule has 5 heteroatoms. The molecule has 0 fully saturated rings. The number of thioether (sulfide) groups is 1. The van der Waals surface area contributed by atoms with Crippen LogP contribution in [0.4, 0.5) is 0 Å². The largest absolute Gasteiger partial charge is 0.396 e. The molecule has 0 aromatic heterocycles. The van der Waals surface area contributed by atoms with Gasteiger partial charge >= 0.3 is 0 Å². The fraction of sp³-hybridized carbons (Fsp3) is 0.562. The number of hydrogen-bond donors (Lipinski definition) is 2. The van der Waals surface area contributed by atoms with Gasteiger partial charge in [0.1, 0.15) is 0 Å². The second-order valence-electron chi connectivity index (χ2n) is 5.00. The second kappa shape index (κ2) is 10.9. The van der Waals surface area contributed by atoms with Gasteiger partial charge in [-0.25, -0.2) is 0 Å². The lowest BCUT2D eigenvalue weighted by Crippen LogP contribution is -2.29. The Bertz CT molecular complexity index is 411. The number of nitrogens with one attached hydrogen (secondary N) is 1. The van der Waals surface area contributed by atoms with E-state index >= 15 is 0 Å². The Balaban J connectivity index is 2.11. The first kappa shape index (κ1) is 18.3. The maximum atomic E-state index is 11.7. The third-order valence-electron chi connectivity index (χ3n) is 3.33. The molecule has 0 radical (unpaired) electrons. The van der Waals surface area contributed by atoms with Crippen molar-refractivity contribution in [1.82, 2.24) is 5.32 Å². The summed E-state index contributed by atoms with van der Waals surface area (Å²) in [7, 11) is 0. The van der Waals surface area contributed by atoms with E-state index in [0.29, 0.717) is 18.9 Å². The minimum atomic E-state index is 0.100. The molecule has 0 saturated heterocycles. The van der Waals surface area contributed by atoms with Crippen LogP contribution in [0.2, 0.25) is 5.02 Å². The quantitative estimate of drug-likeness (QED) is 0.508. The Morgan fingerprint density at radius 1 is 1.38 bits per heavy atom. The van der Waals surface area contributed by atoms with Crippen LogP contribution >= 0.6 is 23.4 Å². The van der Waals surface area contributed by atoms with Gasteiger partial charge in [0.15, 0.2) is 0 Å². The van der Waals surface area contributed by atoms with E-state index in [0.717, 1.165) is 30.0 Å². The van der Waals surface area contributed by atoms with Gasteiger partial charge in [-0.3, -0.25) is 4.79 Å². The second-order valence-corrected chi connectivity index (χ2v) is 6.60. The molecule has 0 bridgehead atoms. The number of hydrogen-bond acceptors (Lipinski definition) is 3. The molecule has 0 heterocycles. The van der Waals surface area contributed by atoms with Crippen molar-refractivity contribution in [2.24, 2.45) is 5.92 Å². The Morgan fingerprint density at radius 2 is 2.10 bits per heavy atom. The van der Waals surface area contributed by atoms with Crippen LogP contribution in [0.1, 0.15) is 32.6 Å². The van der Waals surface area contributed by atoms with E-state index < -0.39 is 0 Å². The molecule has 1 unspecified atom stereocenters. The monoisotopic (exact) mass is 329 g/mol. The highest BCUT2D eigenvalue weighted by atomic mass is 35.5. The molecule has 1 rings (SSSR count). The predicted octanol–water partition coefficient (Wildman–Crippen LogP) is 3.74. The standard InChI is InChI=1S/C16H24ClNO2S/c1-2-13(9-10-19)12-18-16(20)4-3-11-21-15-7-5-14(17)6-8-15/h5-8,13,19H,2-4,9-12H2,1H3,(H,18,20). The number of halogens is 1. The number of benzene rings is 1. The van der Waals surface area contributed by atoms with Gasteiger partial charge < -0.3 is 10.4 Å². The van der Waals surface area contributed by atoms with Gasteiger partial charge in [-0.15, -0.1) is 11.8 Å². The highest BCUT2D eigenvalue weighted by Gasteiger charge is 2.08. The Morgan fingerprint density at radius 3 is 2.71 bits per heavy atom. The topological polar surface area (TPSA) is 49.3 Å². The summed E-state index contributed by atoms with van der Waals surface area (Å²) in [4.78, 5) is 12.9. The SMILES string of the molecule is CCC(CCO)CNC(=O)CCCSc1ccc(Cl)cc1. The number of aliphatic hydroxyl groups excluding tert-OH is 1. The van der Waals surface area contributed by atoms with Gasteiger partial charge in [-0.05, 0) is 48.8 Å². The summed E-state index contributed by atoms with van der Waals surface area (Å²) in [6, 6.07) is 7.74. The van der Waals surface area contributed by atoms with Gasteiger partial charge in [0, 0.05) is 29.5 Å². The van der Waals surface area contributed by atoms with Gasteiger partial charge in [0.2, 0.25) is 5.91 Å². The molecule has 0 aliphatic heterocycles. The fourth-order valence-electron chi connectivity index (χ4n) is 1.93. The van der Waals surface area contributed by atoms with Crippen molar-refractivity contribution in [2.75, 3.05) is 18.9 Å². The summed E-state index contributed by atoms with van der Waals surface area (Å²) in [6.07, 6.45) is 3.14. The third-order valence-corrected chi connectivity index (χ3v) is 4.68. The number of aliphatic hydroxyl groups is 1. The zero-order valence-corrected chi connectivity index (χ0v) is 14.1. The summed E-state index contributed by atoms with van der Waals surface area (Å²) in [6.45, 7) is 2.93. The molecule has 1 amide bonds. The van der Waals surface area contributed by atoms with Crippen LogP contribution < -0.4 is 5.32 Å². The minimum Gasteiger partial charge on any atom is -0.396 e. The van der Waals surface area contributed by atoms with Crippen molar-refractivity contribution in [3.63, 3.8) is 0 Å². The smallest absolute Gasteiger partial charge is 0.220 e. The molecule has 21 heavy (non-hydrogen) atoms. The summed E-state index contributed by atoms with van der Waals surface area (Å²) in [5, 5.41) is 12.6. The maximum Gasteiger partial charge on any atom is 0.220 e. The van der Waals surface area contributed by atoms with Gasteiger partial charge in [0.05, 0.1) is 0 Å². The van der Waals surface area contributed by atoms with Crippen LogP contribution in [0, 0.1) is 5.92 Å². The zero-order valence-electron chi connectivity index (χ0n) is 12.5. The molecule has 2 N–H and O–H groups in total. The molecule has 0 saturated carbocycles. The van der Waals surface area contributed by atoms with E-state index in [2.05, 4.69) is 12.2 Å². The third kappa shape index (κ3) is 8.34. The zero-order chi connectivity index (χ0) is 15.5. The van der Waals surface area contributed by atoms with Crippen molar-refractivity contribution in [2.45, 2.75) is 37.5 Å². The molecule has 0 spiro atoms. The number of amides is 1. The summed E-state index contributed by atoms with van der Waals surface area (Å²) in [5.41, 5.74) is 0. The van der Waals surface area contributed by atoms with Gasteiger partial charge in [0.25, 0.3) is 0 Å². The van der Waals surface area contributed by atoms with E-state index in [-0.39, 0.29) is 12.5 Å². The molecule has 1 aromatic rings. The Labute approximate surface area is 136 Å². The van der Waals surface area contributed by atoms with E-state index in [1.54, 1.807) is 11.8 Å². The minimum absolute atomic E-state index is 0.100. The first-order valence-electron chi connectivity index (χ1n) is 7.41. The van der Waals surface area contributed by atoms with Crippen molar-refractivity contribution >= 4 is 29.3 Å². The summed E-state index contributed by atoms with van der Waals surface area (Å²) < 4.78 is 0. The molecular weight excluding hydrogens is 306 g/mol. The van der Waals surface area contributed by atoms with Crippen LogP contribution in [-0.2, 0) is 4.79 Å². The highest BCUT2D eigenvalue weighted by molar-refractivity contribution is 7.99. The van der Waals surface area contributed by atoms with Gasteiger partial charge in [-0.1, -0.05) is 24.9 Å². The maximum absolute atomic E-state index is 11.7. The number of rotatable bonds is 10. The van der Waals surface area contributed by atoms with Crippen LogP contribution in [0.3, 0.4) is 0 Å². The van der Waals surface area contributed by atoms with Crippen LogP contribution in [0.5, 0.6) is 0 Å². The molecule has 0 aliphatic carbocycles. The van der Waals surface area contributed by atoms with Crippen LogP contribution in [0.25, 0.3) is 0 Å². The number of carbonyl (C=O) groups is 1. The van der Waals surface area contributed by atoms with E-state index in [1.807, 2.05) is 24.3 Å². The average Bonchev–Trinajstić information content (AvgIpc) is 2.49. The first-order valence-corrected chi connectivity index (χ1v) is 8.78. The van der Waals surface area contributed by atoms with Crippen LogP contribution in [0.15, 0.2) is 29.2 Å². The van der Waals surface area contributed by atoms with E-state index in [1.165, 1.54) is 4.90 Å². The fourth-order valence-corrected chi connectivity index (χ4v) is 2.91. The van der Waals surface area contributed by atoms with Crippen molar-refractivity contribution in [3.05, 3.63) is 29.3 Å². The predicted molar refractivity (Wildman–Crippen MR) is 89.9 cm³/mol. The summed E-state index contributed by atoms with van der Waals surface area (Å²) in [5.74, 6) is 1.40. The normalized spacial score (nSPS) is 12.1. The lowest BCUT2D eigenvalue weighted by Gasteiger charge is -2.14. The average molecular weight is 330 g/mol. The number of carbonyl (C=O) groups excluding carboxylic acids is 1. The highest BCUT2D eigenvalue weighted by Crippen LogP contribution is 2.21. The Kier molecular flexibility index (Phi) is 9.55. The van der Waals surface area contributed by atoms with E-state index in [9.17, 15) is 4.79 Å². The van der Waals surface area contributed by atoms with Crippen molar-refractivity contribution in [1.29, 1.82) is 0 Å². The van der Waals surface area contributed by atoms with Gasteiger partial charge in [-0.2, -0.15) is 0 Å². The lowest BCUT2D eigenvalue weighted by molar-refractivity contribution is -0.121. The van der Waals surface area contributed by atoms with Crippen molar-refractivity contribution < 1.29 is 9.90 Å². The first-order chi connectivity index (χ1) is 10.2. The summed E-state index contributed by atoms with van der Waals surface area (Å²) >= 11 is 7.57. The molecule has 1 atom stereocenters.